The number of rotatable bonds is 10. The van der Waals surface area contributed by atoms with Gasteiger partial charge in [0.1, 0.15) is 0 Å². The second-order valence-corrected chi connectivity index (χ2v) is 5.73. The Morgan fingerprint density at radius 2 is 1.09 bits per heavy atom. The molecule has 32 heavy (non-hydrogen) atoms. The van der Waals surface area contributed by atoms with Gasteiger partial charge in [0.15, 0.2) is 0 Å². The molecule has 5 N–H and O–H groups in total. The minimum Gasteiger partial charge on any atom is -0.481 e. The summed E-state index contributed by atoms with van der Waals surface area (Å²) >= 11 is 0. The number of carboxylic acid groups (broad SMARTS) is 2. The zero-order valence-electron chi connectivity index (χ0n) is 17.7. The monoisotopic (exact) mass is 492 g/mol. The lowest BCUT2D eigenvalue weighted by Gasteiger charge is -2.01. The Kier molecular flexibility index (Phi) is 25.9. The molecule has 0 atom stereocenters. The van der Waals surface area contributed by atoms with Crippen molar-refractivity contribution in [1.82, 2.24) is 0 Å². The molecule has 0 aromatic carbocycles. The van der Waals surface area contributed by atoms with Crippen LogP contribution in [-0.2, 0) is 48.6 Å². The number of aliphatic hydroxyl groups excluding tert-OH is 1. The van der Waals surface area contributed by atoms with Crippen molar-refractivity contribution in [2.45, 2.75) is 46.5 Å². The summed E-state index contributed by atoms with van der Waals surface area (Å²) in [6.45, 7) is 5.64. The molecule has 0 aromatic rings. The highest BCUT2D eigenvalue weighted by Gasteiger charge is 2.16. The van der Waals surface area contributed by atoms with Crippen LogP contribution in [0.4, 0.5) is 0 Å². The normalized spacial score (nSPS) is 9.19. The van der Waals surface area contributed by atoms with Crippen LogP contribution in [0.5, 0.6) is 0 Å². The number of hydrogen-bond acceptors (Lipinski definition) is 11. The Morgan fingerprint density at radius 3 is 1.41 bits per heavy atom. The Bertz CT molecular complexity index is 688. The van der Waals surface area contributed by atoms with E-state index in [2.05, 4.69) is 9.47 Å². The predicted molar refractivity (Wildman–Crippen MR) is 104 cm³/mol. The number of ether oxygens (including phenoxy) is 2. The van der Waals surface area contributed by atoms with E-state index in [0.717, 1.165) is 0 Å². The Balaban J connectivity index is -0.000000189. The van der Waals surface area contributed by atoms with Gasteiger partial charge in [0.2, 0.25) is 11.6 Å². The van der Waals surface area contributed by atoms with Crippen LogP contribution >= 0.6 is 0 Å². The molecule has 0 radical (unpaired) electrons. The average molecular weight is 492 g/mol. The molecule has 0 rings (SSSR count). The van der Waals surface area contributed by atoms with Gasteiger partial charge in [-0.1, -0.05) is 0 Å². The molecule has 0 spiro atoms. The van der Waals surface area contributed by atoms with E-state index < -0.39 is 58.7 Å². The van der Waals surface area contributed by atoms with Crippen LogP contribution in [0, 0.1) is 0 Å². The average Bonchev–Trinajstić information content (AvgIpc) is 2.64. The molecule has 0 saturated heterocycles. The summed E-state index contributed by atoms with van der Waals surface area (Å²) < 4.78 is 40.6. The van der Waals surface area contributed by atoms with Gasteiger partial charge in [0, 0.05) is 19.4 Å². The number of carbonyl (C=O) groups excluding carboxylic acids is 4. The topological polar surface area (TPSA) is 256 Å². The molecule has 0 aliphatic rings. The second kappa shape index (κ2) is 22.7. The molecule has 0 bridgehead atoms. The van der Waals surface area contributed by atoms with Crippen molar-refractivity contribution < 1.29 is 71.1 Å². The zero-order valence-corrected chi connectivity index (χ0v) is 18.5. The summed E-state index contributed by atoms with van der Waals surface area (Å²) in [5.41, 5.74) is 0. The fourth-order valence-corrected chi connectivity index (χ4v) is 1.09. The van der Waals surface area contributed by atoms with Crippen molar-refractivity contribution in [3.63, 3.8) is 0 Å². The Hall–Kier alpha value is -2.95. The van der Waals surface area contributed by atoms with Gasteiger partial charge in [-0.15, -0.1) is 0 Å². The van der Waals surface area contributed by atoms with Crippen LogP contribution in [-0.4, -0.2) is 88.1 Å². The van der Waals surface area contributed by atoms with E-state index in [1.807, 2.05) is 0 Å². The van der Waals surface area contributed by atoms with Gasteiger partial charge < -0.3 is 24.8 Å². The lowest BCUT2D eigenvalue weighted by molar-refractivity contribution is -0.154. The van der Waals surface area contributed by atoms with Crippen molar-refractivity contribution >= 4 is 45.8 Å². The van der Waals surface area contributed by atoms with Crippen LogP contribution in [0.1, 0.15) is 46.5 Å². The minimum atomic E-state index is -4.67. The Labute approximate surface area is 183 Å². The first-order valence-electron chi connectivity index (χ1n) is 8.71. The molecule has 0 aliphatic carbocycles. The molecule has 0 unspecified atom stereocenters. The highest BCUT2D eigenvalue weighted by molar-refractivity contribution is 7.79. The molecule has 0 amide bonds. The van der Waals surface area contributed by atoms with Crippen LogP contribution in [0.25, 0.3) is 0 Å². The molecule has 188 valence electrons. The third kappa shape index (κ3) is 41.4. The number of hydrogen-bond donors (Lipinski definition) is 5. The van der Waals surface area contributed by atoms with Crippen molar-refractivity contribution in [2.24, 2.45) is 0 Å². The van der Waals surface area contributed by atoms with Gasteiger partial charge in [-0.25, -0.2) is 9.59 Å². The first-order valence-corrected chi connectivity index (χ1v) is 10.1. The third-order valence-corrected chi connectivity index (χ3v) is 2.17. The van der Waals surface area contributed by atoms with E-state index in [9.17, 15) is 28.8 Å². The van der Waals surface area contributed by atoms with Crippen LogP contribution < -0.4 is 0 Å². The van der Waals surface area contributed by atoms with Gasteiger partial charge >= 0.3 is 34.3 Å². The zero-order chi connectivity index (χ0) is 26.3. The first kappa shape index (κ1) is 36.4. The molecule has 0 fully saturated rings. The van der Waals surface area contributed by atoms with Crippen molar-refractivity contribution in [2.75, 3.05) is 19.8 Å². The summed E-state index contributed by atoms with van der Waals surface area (Å²) in [7, 11) is -4.67. The van der Waals surface area contributed by atoms with Gasteiger partial charge in [0.25, 0.3) is 0 Å². The number of esters is 2. The number of ketones is 2. The standard InChI is InChI=1S/C9H14O5.C5H6O5.C2H6O.H2O4S/c1-3-13-8(11)6-5-7(10)9(12)14-4-2;6-3(5(9)10)1-2-4(7)8;1-2-3;1-5(2,3)4/h3-6H2,1-2H3;1-2H2,(H,7,8)(H,9,10);3H,2H2,1H3;(H2,1,2,3,4). The lowest BCUT2D eigenvalue weighted by atomic mass is 10.2. The summed E-state index contributed by atoms with van der Waals surface area (Å²) in [6, 6.07) is 0. The van der Waals surface area contributed by atoms with E-state index in [4.69, 9.17) is 32.8 Å². The fourth-order valence-electron chi connectivity index (χ4n) is 1.09. The lowest BCUT2D eigenvalue weighted by Crippen LogP contribution is -2.18. The van der Waals surface area contributed by atoms with Crippen molar-refractivity contribution in [1.29, 1.82) is 0 Å². The van der Waals surface area contributed by atoms with E-state index in [1.54, 1.807) is 20.8 Å². The van der Waals surface area contributed by atoms with Gasteiger partial charge in [-0.3, -0.25) is 28.3 Å². The molecule has 16 heteroatoms. The summed E-state index contributed by atoms with van der Waals surface area (Å²) in [5.74, 6) is -5.89. The fraction of sp³-hybridized carbons (Fsp3) is 0.625. The van der Waals surface area contributed by atoms with E-state index in [1.165, 1.54) is 0 Å². The maximum atomic E-state index is 11.0. The molecule has 15 nitrogen and oxygen atoms in total. The van der Waals surface area contributed by atoms with Crippen LogP contribution in [0.2, 0.25) is 0 Å². The van der Waals surface area contributed by atoms with Crippen LogP contribution in [0.15, 0.2) is 0 Å². The third-order valence-electron chi connectivity index (χ3n) is 2.17. The summed E-state index contributed by atoms with van der Waals surface area (Å²) in [4.78, 5) is 62.3. The highest BCUT2D eigenvalue weighted by Crippen LogP contribution is 1.96. The van der Waals surface area contributed by atoms with Crippen molar-refractivity contribution in [3.05, 3.63) is 0 Å². The van der Waals surface area contributed by atoms with Crippen LogP contribution in [0.3, 0.4) is 0 Å². The molecular weight excluding hydrogens is 464 g/mol. The molecule has 0 aromatic heterocycles. The number of aliphatic hydroxyl groups is 1. The molecule has 0 heterocycles. The largest absolute Gasteiger partial charge is 0.481 e. The molecular formula is C16H28O15S. The Morgan fingerprint density at radius 1 is 0.719 bits per heavy atom. The number of Topliss-reactive ketones (excluding diaryl/α,β-unsaturated/α-hetero) is 2. The number of carbonyl (C=O) groups is 6. The van der Waals surface area contributed by atoms with Crippen molar-refractivity contribution in [3.8, 4) is 0 Å². The van der Waals surface area contributed by atoms with Gasteiger partial charge in [0.05, 0.1) is 26.1 Å². The first-order chi connectivity index (χ1) is 14.6. The summed E-state index contributed by atoms with van der Waals surface area (Å²) in [6.07, 6.45) is -1.10. The number of aliphatic carboxylic acids is 2. The molecule has 0 aliphatic heterocycles. The maximum Gasteiger partial charge on any atom is 0.394 e. The minimum absolute atomic E-state index is 0.0779. The smallest absolute Gasteiger partial charge is 0.394 e. The van der Waals surface area contributed by atoms with Gasteiger partial charge in [-0.2, -0.15) is 8.42 Å². The maximum absolute atomic E-state index is 11.0. The number of carboxylic acids is 2. The summed E-state index contributed by atoms with van der Waals surface area (Å²) in [5, 5.41) is 23.5. The SMILES string of the molecule is CCO.CCOC(=O)CCC(=O)C(=O)OCC.O=C(O)CCC(=O)C(=O)O.O=S(=O)(O)O. The molecule has 0 saturated carbocycles. The van der Waals surface area contributed by atoms with E-state index in [0.29, 0.717) is 0 Å². The van der Waals surface area contributed by atoms with Gasteiger partial charge in [-0.05, 0) is 20.8 Å². The predicted octanol–water partition coefficient (Wildman–Crippen LogP) is -0.687. The highest BCUT2D eigenvalue weighted by atomic mass is 32.3. The van der Waals surface area contributed by atoms with E-state index in [-0.39, 0.29) is 32.7 Å². The van der Waals surface area contributed by atoms with E-state index >= 15 is 0 Å². The second-order valence-electron chi connectivity index (χ2n) is 4.83. The quantitative estimate of drug-likeness (QED) is 0.144.